The number of nitrogens with one attached hydrogen (secondary N) is 2. The van der Waals surface area contributed by atoms with Crippen LogP contribution in [0.2, 0.25) is 0 Å². The van der Waals surface area contributed by atoms with Crippen LogP contribution in [0.25, 0.3) is 90.9 Å². The minimum atomic E-state index is -1.01. The number of H-pyrrole nitrogens is 2. The summed E-state index contributed by atoms with van der Waals surface area (Å²) in [6.07, 6.45) is 7.95. The van der Waals surface area contributed by atoms with Crippen molar-refractivity contribution in [3.8, 4) is 79.0 Å². The number of nitrogens with zero attached hydrogens (tertiary/aromatic N) is 2. The summed E-state index contributed by atoms with van der Waals surface area (Å²) in [5.41, 5.74) is 12.2. The van der Waals surface area contributed by atoms with Crippen LogP contribution in [-0.4, -0.2) is 73.7 Å². The second kappa shape index (κ2) is 16.7. The molecule has 0 atom stereocenters. The zero-order valence-electron chi connectivity index (χ0n) is 35.3. The molecule has 9 rings (SSSR count). The lowest BCUT2D eigenvalue weighted by Crippen LogP contribution is -1.95. The van der Waals surface area contributed by atoms with Crippen molar-refractivity contribution in [1.82, 2.24) is 19.9 Å². The second-order valence-electron chi connectivity index (χ2n) is 14.7. The fraction of sp³-hybridized carbons (Fsp3) is 0.118. The first-order chi connectivity index (χ1) is 30.7. The highest BCUT2D eigenvalue weighted by atomic mass is 16.5. The van der Waals surface area contributed by atoms with E-state index in [-0.39, 0.29) is 5.56 Å². The third-order valence-electron chi connectivity index (χ3n) is 11.1. The van der Waals surface area contributed by atoms with Crippen LogP contribution in [0.1, 0.15) is 33.1 Å². The largest absolute Gasteiger partial charge is 0.497 e. The average molecular weight is 839 g/mol. The Hall–Kier alpha value is -8.25. The maximum Gasteiger partial charge on any atom is 0.335 e. The Labute approximate surface area is 362 Å². The number of hydrogen-bond acceptors (Lipinski definition) is 9. The average Bonchev–Trinajstić information content (AvgIpc) is 4.17. The lowest BCUT2D eigenvalue weighted by molar-refractivity contribution is 0.0697. The Kier molecular flexibility index (Phi) is 10.6. The van der Waals surface area contributed by atoms with E-state index in [9.17, 15) is 9.90 Å². The van der Waals surface area contributed by atoms with Crippen molar-refractivity contribution in [1.29, 1.82) is 0 Å². The smallest absolute Gasteiger partial charge is 0.335 e. The van der Waals surface area contributed by atoms with Crippen LogP contribution in [0.5, 0.6) is 34.5 Å². The van der Waals surface area contributed by atoms with Crippen LogP contribution < -0.4 is 28.4 Å². The first-order valence-corrected chi connectivity index (χ1v) is 19.9. The van der Waals surface area contributed by atoms with Crippen LogP contribution in [-0.2, 0) is 0 Å². The van der Waals surface area contributed by atoms with Gasteiger partial charge in [0.25, 0.3) is 0 Å². The second-order valence-corrected chi connectivity index (χ2v) is 14.7. The molecule has 3 N–H and O–H groups in total. The number of aromatic amines is 2. The van der Waals surface area contributed by atoms with E-state index < -0.39 is 5.97 Å². The van der Waals surface area contributed by atoms with Crippen LogP contribution in [0.3, 0.4) is 0 Å². The third kappa shape index (κ3) is 7.59. The number of benzene rings is 4. The first-order valence-electron chi connectivity index (χ1n) is 19.9. The van der Waals surface area contributed by atoms with E-state index in [2.05, 4.69) is 9.97 Å². The van der Waals surface area contributed by atoms with Crippen molar-refractivity contribution in [2.45, 2.75) is 0 Å². The summed E-state index contributed by atoms with van der Waals surface area (Å²) in [6, 6.07) is 32.1. The Morgan fingerprint density at radius 3 is 0.921 bits per heavy atom. The summed E-state index contributed by atoms with van der Waals surface area (Å²) < 4.78 is 34.5. The molecule has 0 amide bonds. The molecule has 7 aromatic rings. The van der Waals surface area contributed by atoms with Crippen molar-refractivity contribution in [3.05, 3.63) is 131 Å². The monoisotopic (exact) mass is 838 g/mol. The van der Waals surface area contributed by atoms with E-state index in [0.717, 1.165) is 66.6 Å². The molecule has 12 nitrogen and oxygen atoms in total. The van der Waals surface area contributed by atoms with Crippen molar-refractivity contribution in [2.75, 3.05) is 42.7 Å². The quantitative estimate of drug-likeness (QED) is 0.115. The van der Waals surface area contributed by atoms with E-state index in [4.69, 9.17) is 38.4 Å². The van der Waals surface area contributed by atoms with Crippen molar-refractivity contribution >= 4 is 52.3 Å². The molecular weight excluding hydrogens is 797 g/mol. The molecule has 4 aromatic carbocycles. The number of rotatable bonds is 11. The number of aromatic carboxylic acids is 1. The zero-order valence-corrected chi connectivity index (χ0v) is 35.3. The molecule has 0 saturated heterocycles. The molecule has 8 bridgehead atoms. The first kappa shape index (κ1) is 40.2. The topological polar surface area (TPSA) is 150 Å². The maximum atomic E-state index is 12.0. The molecule has 12 heteroatoms. The fourth-order valence-electron chi connectivity index (χ4n) is 8.06. The molecular formula is C51H42N4O8. The minimum absolute atomic E-state index is 0.172. The summed E-state index contributed by atoms with van der Waals surface area (Å²) in [4.78, 5) is 30.1. The molecule has 63 heavy (non-hydrogen) atoms. The minimum Gasteiger partial charge on any atom is -0.497 e. The number of fused-ring (bicyclic) bond motifs is 8. The van der Waals surface area contributed by atoms with Gasteiger partial charge in [-0.15, -0.1) is 0 Å². The number of carboxylic acids is 1. The summed E-state index contributed by atoms with van der Waals surface area (Å²) in [6.45, 7) is 0. The molecule has 2 aliphatic heterocycles. The lowest BCUT2D eigenvalue weighted by atomic mass is 10.0. The fourth-order valence-corrected chi connectivity index (χ4v) is 8.06. The van der Waals surface area contributed by atoms with Gasteiger partial charge >= 0.3 is 5.97 Å². The molecule has 314 valence electrons. The number of aromatic nitrogens is 4. The number of hydrogen-bond donors (Lipinski definition) is 3. The van der Waals surface area contributed by atoms with Gasteiger partial charge in [-0.3, -0.25) is 0 Å². The summed E-state index contributed by atoms with van der Waals surface area (Å²) in [7, 11) is 9.73. The van der Waals surface area contributed by atoms with Gasteiger partial charge in [0.1, 0.15) is 34.5 Å². The molecule has 0 spiro atoms. The summed E-state index contributed by atoms with van der Waals surface area (Å²) >= 11 is 0. The third-order valence-corrected chi connectivity index (χ3v) is 11.1. The Morgan fingerprint density at radius 1 is 0.397 bits per heavy atom. The van der Waals surface area contributed by atoms with E-state index in [0.29, 0.717) is 57.3 Å². The highest BCUT2D eigenvalue weighted by Crippen LogP contribution is 2.42. The van der Waals surface area contributed by atoms with Gasteiger partial charge in [-0.05, 0) is 119 Å². The Morgan fingerprint density at radius 2 is 0.667 bits per heavy atom. The van der Waals surface area contributed by atoms with E-state index in [1.54, 1.807) is 66.9 Å². The van der Waals surface area contributed by atoms with E-state index >= 15 is 0 Å². The predicted octanol–water partition coefficient (Wildman–Crippen LogP) is 11.1. The van der Waals surface area contributed by atoms with E-state index in [1.807, 2.05) is 103 Å². The van der Waals surface area contributed by atoms with Gasteiger partial charge in [0.15, 0.2) is 0 Å². The SMILES string of the molecule is COc1cc(OC)cc(-c2c3nc(c(-c4cc(OC)cc(OC)c4)c4ccc([nH]4)c(-c4cc(OC)cc(OC)c4)c4nc(c(-c5ccc(C(=O)O)cc5)c5ccc2[nH]5)C=C4)C=C3)c1. The molecule has 0 unspecified atom stereocenters. The standard InChI is InChI=1S/C51H42N4O8/c1-58-33-19-30(20-34(25-33)59-2)48-41-13-11-39(52-41)47(28-7-9-29(10-8-28)51(56)57)40-12-14-42(53-40)49(31-21-35(60-3)26-36(22-31)61-4)44-16-18-46(55-44)50(45-17-15-43(48)54-45)32-23-37(62-5)27-38(24-32)63-6/h7-27,52,55H,1-6H3,(H,56,57). The molecule has 0 saturated carbocycles. The Bertz CT molecular complexity index is 3060. The van der Waals surface area contributed by atoms with Gasteiger partial charge in [0.2, 0.25) is 0 Å². The van der Waals surface area contributed by atoms with Crippen LogP contribution in [0.4, 0.5) is 0 Å². The predicted molar refractivity (Wildman–Crippen MR) is 247 cm³/mol. The summed E-state index contributed by atoms with van der Waals surface area (Å²) in [5, 5.41) is 9.79. The van der Waals surface area contributed by atoms with Gasteiger partial charge in [-0.2, -0.15) is 0 Å². The molecule has 0 radical (unpaired) electrons. The molecule has 0 aliphatic carbocycles. The van der Waals surface area contributed by atoms with Gasteiger partial charge in [0, 0.05) is 62.5 Å². The van der Waals surface area contributed by atoms with Gasteiger partial charge in [-0.25, -0.2) is 14.8 Å². The molecule has 3 aromatic heterocycles. The molecule has 2 aliphatic rings. The lowest BCUT2D eigenvalue weighted by Gasteiger charge is -2.11. The normalized spacial score (nSPS) is 11.7. The number of carboxylic acid groups (broad SMARTS) is 1. The van der Waals surface area contributed by atoms with Crippen molar-refractivity contribution in [2.24, 2.45) is 0 Å². The maximum absolute atomic E-state index is 12.0. The summed E-state index contributed by atoms with van der Waals surface area (Å²) in [5.74, 6) is 2.65. The van der Waals surface area contributed by atoms with Crippen LogP contribution >= 0.6 is 0 Å². The number of carbonyl (C=O) groups is 1. The van der Waals surface area contributed by atoms with Crippen LogP contribution in [0, 0.1) is 0 Å². The zero-order chi connectivity index (χ0) is 43.8. The van der Waals surface area contributed by atoms with Gasteiger partial charge in [0.05, 0.1) is 71.0 Å². The molecule has 5 heterocycles. The van der Waals surface area contributed by atoms with Crippen molar-refractivity contribution in [3.63, 3.8) is 0 Å². The number of ether oxygens (including phenoxy) is 6. The highest BCUT2D eigenvalue weighted by Gasteiger charge is 2.21. The molecule has 0 fully saturated rings. The van der Waals surface area contributed by atoms with Crippen LogP contribution in [0.15, 0.2) is 103 Å². The van der Waals surface area contributed by atoms with Crippen molar-refractivity contribution < 1.29 is 38.3 Å². The highest BCUT2D eigenvalue weighted by molar-refractivity contribution is 6.00. The van der Waals surface area contributed by atoms with E-state index in [1.165, 1.54) is 0 Å². The van der Waals surface area contributed by atoms with Gasteiger partial charge < -0.3 is 43.5 Å². The number of methoxy groups -OCH3 is 6. The van der Waals surface area contributed by atoms with Gasteiger partial charge in [-0.1, -0.05) is 12.1 Å². The Balaban J connectivity index is 1.48.